The molecule has 7 nitrogen and oxygen atoms in total. The maximum atomic E-state index is 5.59. The normalized spacial score (nSPS) is 15.4. The Labute approximate surface area is 145 Å². The summed E-state index contributed by atoms with van der Waals surface area (Å²) < 4.78 is 17.0. The molecule has 0 atom stereocenters. The van der Waals surface area contributed by atoms with Gasteiger partial charge in [-0.3, -0.25) is 0 Å². The zero-order valence-electron chi connectivity index (χ0n) is 17.6. The Kier molecular flexibility index (Phi) is 8.35. The van der Waals surface area contributed by atoms with E-state index in [9.17, 15) is 0 Å². The monoisotopic (exact) mass is 369 g/mol. The van der Waals surface area contributed by atoms with Crippen LogP contribution in [0.15, 0.2) is 4.52 Å². The first-order valence-corrected chi connectivity index (χ1v) is 11.4. The Morgan fingerprint density at radius 2 is 1.00 bits per heavy atom. The second-order valence-corrected chi connectivity index (χ2v) is 15.7. The van der Waals surface area contributed by atoms with Crippen molar-refractivity contribution in [2.75, 3.05) is 70.5 Å². The summed E-state index contributed by atoms with van der Waals surface area (Å²) in [5, 5.41) is 3.84. The fourth-order valence-electron chi connectivity index (χ4n) is 2.87. The van der Waals surface area contributed by atoms with E-state index in [0.717, 1.165) is 0 Å². The van der Waals surface area contributed by atoms with E-state index in [1.165, 1.54) is 0 Å². The topological polar surface area (TPSA) is 40.6 Å². The number of hydrogen-bond donors (Lipinski definition) is 1. The van der Waals surface area contributed by atoms with Crippen LogP contribution in [0.1, 0.15) is 20.8 Å². The van der Waals surface area contributed by atoms with Gasteiger partial charge in [0, 0.05) is 0 Å². The van der Waals surface area contributed by atoms with Gasteiger partial charge in [-0.2, -0.15) is 0 Å². The van der Waals surface area contributed by atoms with Crippen LogP contribution in [0.25, 0.3) is 0 Å². The second kappa shape index (κ2) is 8.20. The van der Waals surface area contributed by atoms with Gasteiger partial charge < -0.3 is 0 Å². The van der Waals surface area contributed by atoms with Crippen LogP contribution in [-0.4, -0.2) is 99.4 Å². The molecule has 1 N–H and O–H groups in total. The summed E-state index contributed by atoms with van der Waals surface area (Å²) in [6, 6.07) is 0. The van der Waals surface area contributed by atoms with Crippen molar-refractivity contribution in [3.05, 3.63) is 0 Å². The van der Waals surface area contributed by atoms with Crippen molar-refractivity contribution >= 4 is 15.4 Å². The summed E-state index contributed by atoms with van der Waals surface area (Å²) in [5.74, 6) is 0. The van der Waals surface area contributed by atoms with Crippen molar-refractivity contribution in [2.24, 2.45) is 4.52 Å². The van der Waals surface area contributed by atoms with Crippen LogP contribution in [0.5, 0.6) is 0 Å². The summed E-state index contributed by atoms with van der Waals surface area (Å²) in [5.41, 5.74) is -0.0309. The molecule has 0 aliphatic rings. The molecule has 0 saturated carbocycles. The van der Waals surface area contributed by atoms with E-state index >= 15 is 0 Å². The van der Waals surface area contributed by atoms with Gasteiger partial charge in [-0.15, -0.1) is 0 Å². The average molecular weight is 369 g/mol. The van der Waals surface area contributed by atoms with Crippen LogP contribution in [0, 0.1) is 0 Å². The fraction of sp³-hybridized carbons (Fsp3) is 1.00. The standard InChI is InChI=1S/C14H41N7P2/c1-14(2,3)15-22(17(4)5,18(6)7)16-23(19(8)9,20(10)11)21(12)13/h15,23H,1-13H3. The van der Waals surface area contributed by atoms with Gasteiger partial charge in [0.1, 0.15) is 0 Å². The van der Waals surface area contributed by atoms with Crippen molar-refractivity contribution in [1.29, 1.82) is 0 Å². The third-order valence-corrected chi connectivity index (χ3v) is 12.7. The van der Waals surface area contributed by atoms with Crippen LogP contribution in [0.4, 0.5) is 0 Å². The molecule has 0 rings (SSSR count). The van der Waals surface area contributed by atoms with Gasteiger partial charge in [0.25, 0.3) is 0 Å². The van der Waals surface area contributed by atoms with Crippen molar-refractivity contribution in [1.82, 2.24) is 28.4 Å². The first kappa shape index (κ1) is 23.4. The first-order valence-electron chi connectivity index (χ1n) is 7.94. The molecule has 0 aromatic carbocycles. The molecule has 9 heteroatoms. The van der Waals surface area contributed by atoms with Gasteiger partial charge in [-0.05, 0) is 0 Å². The molecule has 0 aromatic heterocycles. The molecule has 142 valence electrons. The number of nitrogens with one attached hydrogen (secondary N) is 1. The van der Waals surface area contributed by atoms with Crippen LogP contribution in [0.2, 0.25) is 0 Å². The van der Waals surface area contributed by atoms with Gasteiger partial charge in [0.15, 0.2) is 0 Å². The van der Waals surface area contributed by atoms with Gasteiger partial charge in [-0.25, -0.2) is 0 Å². The Bertz CT molecular complexity index is 392. The van der Waals surface area contributed by atoms with Crippen molar-refractivity contribution in [2.45, 2.75) is 26.3 Å². The number of rotatable bonds is 7. The van der Waals surface area contributed by atoms with Gasteiger partial charge in [0.05, 0.1) is 0 Å². The van der Waals surface area contributed by atoms with E-state index in [2.05, 4.69) is 120 Å². The van der Waals surface area contributed by atoms with Crippen LogP contribution in [-0.2, 0) is 0 Å². The molecule has 0 aliphatic heterocycles. The Morgan fingerprint density at radius 3 is 1.17 bits per heavy atom. The summed E-state index contributed by atoms with van der Waals surface area (Å²) in [7, 11) is 16.8. The Balaban J connectivity index is 6.69. The molecule has 0 amide bonds. The van der Waals surface area contributed by atoms with E-state index in [4.69, 9.17) is 4.52 Å². The van der Waals surface area contributed by atoms with Gasteiger partial charge in [0.2, 0.25) is 0 Å². The van der Waals surface area contributed by atoms with Gasteiger partial charge in [-0.1, -0.05) is 0 Å². The van der Waals surface area contributed by atoms with Crippen molar-refractivity contribution < 1.29 is 0 Å². The van der Waals surface area contributed by atoms with Crippen molar-refractivity contribution in [3.8, 4) is 0 Å². The summed E-state index contributed by atoms with van der Waals surface area (Å²) >= 11 is 0. The van der Waals surface area contributed by atoms with E-state index in [1.54, 1.807) is 0 Å². The van der Waals surface area contributed by atoms with E-state index in [-0.39, 0.29) is 5.54 Å². The minimum atomic E-state index is -2.36. The summed E-state index contributed by atoms with van der Waals surface area (Å²) in [6.45, 7) is 6.61. The van der Waals surface area contributed by atoms with Crippen LogP contribution >= 0.6 is 15.4 Å². The molecule has 23 heavy (non-hydrogen) atoms. The van der Waals surface area contributed by atoms with Crippen LogP contribution < -0.4 is 5.09 Å². The molecule has 0 aliphatic carbocycles. The Morgan fingerprint density at radius 1 is 0.696 bits per heavy atom. The second-order valence-electron chi connectivity index (χ2n) is 8.01. The summed E-state index contributed by atoms with van der Waals surface area (Å²) in [6.07, 6.45) is 0. The number of nitrogens with zero attached hydrogens (tertiary/aromatic N) is 6. The molecule has 0 saturated heterocycles. The quantitative estimate of drug-likeness (QED) is 0.696. The molecule has 0 aromatic rings. The molecule has 0 bridgehead atoms. The number of hydrogen-bond acceptors (Lipinski definition) is 4. The minimum absolute atomic E-state index is 0.0309. The molecular weight excluding hydrogens is 328 g/mol. The predicted molar refractivity (Wildman–Crippen MR) is 109 cm³/mol. The summed E-state index contributed by atoms with van der Waals surface area (Å²) in [4.78, 5) is 0. The van der Waals surface area contributed by atoms with E-state index < -0.39 is 15.4 Å². The zero-order chi connectivity index (χ0) is 18.8. The maximum absolute atomic E-state index is 5.59. The van der Waals surface area contributed by atoms with Crippen molar-refractivity contribution in [3.63, 3.8) is 0 Å². The first-order chi connectivity index (χ1) is 10.1. The average Bonchev–Trinajstić information content (AvgIpc) is 2.30. The fourth-order valence-corrected chi connectivity index (χ4v) is 12.6. The van der Waals surface area contributed by atoms with Gasteiger partial charge >= 0.3 is 145 Å². The SMILES string of the molecule is CN(C)P(=N[PH](N(C)C)(N(C)C)N(C)C)(NC(C)(C)C)N(C)C. The predicted octanol–water partition coefficient (Wildman–Crippen LogP) is 2.54. The van der Waals surface area contributed by atoms with E-state index in [1.807, 2.05) is 0 Å². The Hall–Kier alpha value is 0.420. The molecular formula is C14H41N7P2. The molecule has 0 spiro atoms. The zero-order valence-corrected chi connectivity index (χ0v) is 19.5. The molecule has 0 radical (unpaired) electrons. The molecule has 0 heterocycles. The van der Waals surface area contributed by atoms with Crippen LogP contribution in [0.3, 0.4) is 0 Å². The third kappa shape index (κ3) is 5.20. The molecule has 0 unspecified atom stereocenters. The van der Waals surface area contributed by atoms with E-state index in [0.29, 0.717) is 0 Å². The third-order valence-electron chi connectivity index (χ3n) is 3.67. The molecule has 0 fully saturated rings.